The molecule has 0 spiro atoms. The Morgan fingerprint density at radius 3 is 2.95 bits per heavy atom. The van der Waals surface area contributed by atoms with Gasteiger partial charge in [0.25, 0.3) is 0 Å². The highest BCUT2D eigenvalue weighted by Gasteiger charge is 2.29. The summed E-state index contributed by atoms with van der Waals surface area (Å²) in [4.78, 5) is 0. The fourth-order valence-electron chi connectivity index (χ4n) is 2.56. The molecule has 0 aliphatic carbocycles. The van der Waals surface area contributed by atoms with E-state index in [0.29, 0.717) is 21.5 Å². The van der Waals surface area contributed by atoms with Crippen LogP contribution in [0, 0.1) is 17.2 Å². The summed E-state index contributed by atoms with van der Waals surface area (Å²) in [5.74, 6) is 1.05. The third kappa shape index (κ3) is 2.13. The molecule has 2 unspecified atom stereocenters. The third-order valence-corrected chi connectivity index (χ3v) is 4.14. The fraction of sp³-hybridized carbons (Fsp3) is 0.286. The Morgan fingerprint density at radius 2 is 2.25 bits per heavy atom. The van der Waals surface area contributed by atoms with Crippen molar-refractivity contribution in [3.8, 4) is 6.07 Å². The number of benzene rings is 1. The largest absolute Gasteiger partial charge is 0.362 e. The van der Waals surface area contributed by atoms with Gasteiger partial charge in [-0.2, -0.15) is 10.4 Å². The first-order chi connectivity index (χ1) is 9.60. The van der Waals surface area contributed by atoms with E-state index >= 15 is 0 Å². The van der Waals surface area contributed by atoms with E-state index in [2.05, 4.69) is 23.4 Å². The second-order valence-electron chi connectivity index (χ2n) is 4.97. The molecule has 2 aromatic rings. The molecule has 1 aliphatic heterocycles. The van der Waals surface area contributed by atoms with Crippen LogP contribution in [0.5, 0.6) is 0 Å². The van der Waals surface area contributed by atoms with Gasteiger partial charge in [-0.15, -0.1) is 0 Å². The van der Waals surface area contributed by atoms with E-state index in [1.165, 1.54) is 0 Å². The van der Waals surface area contributed by atoms with Crippen LogP contribution in [0.4, 0.5) is 5.82 Å². The van der Waals surface area contributed by atoms with Crippen molar-refractivity contribution < 1.29 is 0 Å². The van der Waals surface area contributed by atoms with Gasteiger partial charge in [-0.25, -0.2) is 4.68 Å². The molecule has 1 aromatic carbocycles. The lowest BCUT2D eigenvalue weighted by atomic mass is 9.92. The molecule has 102 valence electrons. The van der Waals surface area contributed by atoms with Gasteiger partial charge in [0.1, 0.15) is 17.5 Å². The highest BCUT2D eigenvalue weighted by molar-refractivity contribution is 6.35. The summed E-state index contributed by atoms with van der Waals surface area (Å²) in [6.07, 6.45) is 1.58. The Balaban J connectivity index is 2.01. The number of hydrogen-bond acceptors (Lipinski definition) is 3. The summed E-state index contributed by atoms with van der Waals surface area (Å²) in [5, 5.41) is 18.0. The number of nitrogens with one attached hydrogen (secondary N) is 1. The quantitative estimate of drug-likeness (QED) is 0.870. The van der Waals surface area contributed by atoms with Crippen molar-refractivity contribution in [1.82, 2.24) is 9.78 Å². The van der Waals surface area contributed by atoms with E-state index in [-0.39, 0.29) is 6.04 Å². The Bertz CT molecular complexity index is 702. The number of hydrogen-bond donors (Lipinski definition) is 1. The van der Waals surface area contributed by atoms with E-state index in [1.54, 1.807) is 12.3 Å². The van der Waals surface area contributed by atoms with Crippen molar-refractivity contribution in [2.75, 3.05) is 5.32 Å². The van der Waals surface area contributed by atoms with Crippen molar-refractivity contribution in [3.05, 3.63) is 45.6 Å². The Hall–Kier alpha value is -1.70. The molecule has 0 fully saturated rings. The monoisotopic (exact) mass is 306 g/mol. The van der Waals surface area contributed by atoms with Gasteiger partial charge in [0.15, 0.2) is 0 Å². The molecule has 0 saturated heterocycles. The van der Waals surface area contributed by atoms with Crippen LogP contribution in [-0.2, 0) is 6.54 Å². The first-order valence-electron chi connectivity index (χ1n) is 6.27. The first kappa shape index (κ1) is 13.3. The number of fused-ring (bicyclic) bond motifs is 1. The second kappa shape index (κ2) is 5.01. The molecule has 0 radical (unpaired) electrons. The van der Waals surface area contributed by atoms with Crippen LogP contribution >= 0.6 is 23.2 Å². The van der Waals surface area contributed by atoms with Gasteiger partial charge < -0.3 is 5.32 Å². The molecule has 4 nitrogen and oxygen atoms in total. The van der Waals surface area contributed by atoms with Crippen LogP contribution in [0.2, 0.25) is 10.0 Å². The van der Waals surface area contributed by atoms with Gasteiger partial charge >= 0.3 is 0 Å². The number of aromatic nitrogens is 2. The second-order valence-corrected chi connectivity index (χ2v) is 5.81. The zero-order valence-corrected chi connectivity index (χ0v) is 12.3. The zero-order valence-electron chi connectivity index (χ0n) is 10.8. The number of nitrogens with zero attached hydrogens (tertiary/aromatic N) is 3. The smallest absolute Gasteiger partial charge is 0.142 e. The van der Waals surface area contributed by atoms with Gasteiger partial charge in [-0.3, -0.25) is 0 Å². The highest BCUT2D eigenvalue weighted by atomic mass is 35.5. The van der Waals surface area contributed by atoms with Gasteiger partial charge in [0.2, 0.25) is 0 Å². The SMILES string of the molecule is CC1Cn2ncc(C#N)c2NC1c1ccc(Cl)cc1Cl. The minimum atomic E-state index is 0.0380. The average molecular weight is 307 g/mol. The van der Waals surface area contributed by atoms with E-state index in [4.69, 9.17) is 28.5 Å². The molecule has 1 N–H and O–H groups in total. The molecular formula is C14H12Cl2N4. The Kier molecular flexibility index (Phi) is 3.33. The van der Waals surface area contributed by atoms with Crippen molar-refractivity contribution in [3.63, 3.8) is 0 Å². The summed E-state index contributed by atoms with van der Waals surface area (Å²) < 4.78 is 1.82. The molecule has 0 saturated carbocycles. The van der Waals surface area contributed by atoms with Crippen LogP contribution in [0.15, 0.2) is 24.4 Å². The molecule has 0 bridgehead atoms. The zero-order chi connectivity index (χ0) is 14.3. The number of halogens is 2. The molecule has 1 aliphatic rings. The summed E-state index contributed by atoms with van der Waals surface area (Å²) in [6.45, 7) is 2.87. The molecule has 2 heterocycles. The summed E-state index contributed by atoms with van der Waals surface area (Å²) in [5.41, 5.74) is 1.53. The minimum absolute atomic E-state index is 0.0380. The molecular weight excluding hydrogens is 295 g/mol. The molecule has 6 heteroatoms. The number of nitriles is 1. The lowest BCUT2D eigenvalue weighted by molar-refractivity contribution is 0.375. The normalized spacial score (nSPS) is 20.9. The lowest BCUT2D eigenvalue weighted by Crippen LogP contribution is -2.30. The van der Waals surface area contributed by atoms with Gasteiger partial charge in [-0.1, -0.05) is 36.2 Å². The van der Waals surface area contributed by atoms with Gasteiger partial charge in [-0.05, 0) is 17.7 Å². The van der Waals surface area contributed by atoms with E-state index in [1.807, 2.05) is 16.8 Å². The number of anilines is 1. The number of rotatable bonds is 1. The van der Waals surface area contributed by atoms with Crippen LogP contribution in [0.1, 0.15) is 24.1 Å². The topological polar surface area (TPSA) is 53.6 Å². The maximum Gasteiger partial charge on any atom is 0.142 e. The fourth-order valence-corrected chi connectivity index (χ4v) is 3.09. The highest BCUT2D eigenvalue weighted by Crippen LogP contribution is 2.37. The summed E-state index contributed by atoms with van der Waals surface area (Å²) in [6, 6.07) is 7.68. The predicted molar refractivity (Wildman–Crippen MR) is 78.9 cm³/mol. The van der Waals surface area contributed by atoms with Crippen LogP contribution in [0.3, 0.4) is 0 Å². The summed E-state index contributed by atoms with van der Waals surface area (Å²) in [7, 11) is 0. The first-order valence-corrected chi connectivity index (χ1v) is 7.03. The van der Waals surface area contributed by atoms with E-state index < -0.39 is 0 Å². The van der Waals surface area contributed by atoms with Crippen LogP contribution in [-0.4, -0.2) is 9.78 Å². The van der Waals surface area contributed by atoms with E-state index in [9.17, 15) is 0 Å². The molecule has 3 rings (SSSR count). The summed E-state index contributed by atoms with van der Waals surface area (Å²) >= 11 is 12.2. The maximum absolute atomic E-state index is 9.11. The van der Waals surface area contributed by atoms with E-state index in [0.717, 1.165) is 17.9 Å². The van der Waals surface area contributed by atoms with Crippen LogP contribution in [0.25, 0.3) is 0 Å². The predicted octanol–water partition coefficient (Wildman–Crippen LogP) is 3.86. The standard InChI is InChI=1S/C14H12Cl2N4/c1-8-7-20-14(9(5-17)6-18-20)19-13(8)11-3-2-10(15)4-12(11)16/h2-4,6,8,13,19H,7H2,1H3. The maximum atomic E-state index is 9.11. The van der Waals surface area contributed by atoms with Crippen LogP contribution < -0.4 is 5.32 Å². The molecule has 0 amide bonds. The lowest BCUT2D eigenvalue weighted by Gasteiger charge is -2.32. The molecule has 2 atom stereocenters. The molecule has 1 aromatic heterocycles. The average Bonchev–Trinajstić information content (AvgIpc) is 2.80. The minimum Gasteiger partial charge on any atom is -0.362 e. The van der Waals surface area contributed by atoms with Gasteiger partial charge in [0.05, 0.1) is 12.2 Å². The Labute approximate surface area is 126 Å². The third-order valence-electron chi connectivity index (χ3n) is 3.58. The van der Waals surface area contributed by atoms with Crippen molar-refractivity contribution in [2.24, 2.45) is 5.92 Å². The van der Waals surface area contributed by atoms with Crippen molar-refractivity contribution >= 4 is 29.0 Å². The Morgan fingerprint density at radius 1 is 1.45 bits per heavy atom. The van der Waals surface area contributed by atoms with Crippen molar-refractivity contribution in [2.45, 2.75) is 19.5 Å². The molecule has 20 heavy (non-hydrogen) atoms. The van der Waals surface area contributed by atoms with Gasteiger partial charge in [0, 0.05) is 22.5 Å². The van der Waals surface area contributed by atoms with Crippen molar-refractivity contribution in [1.29, 1.82) is 5.26 Å².